The second-order valence-corrected chi connectivity index (χ2v) is 4.10. The number of hydrogen-bond donors (Lipinski definition) is 1. The number of benzene rings is 1. The second kappa shape index (κ2) is 3.97. The minimum atomic E-state index is 0.623. The summed E-state index contributed by atoms with van der Waals surface area (Å²) in [6.07, 6.45) is 1.74. The third-order valence-electron chi connectivity index (χ3n) is 2.87. The topological polar surface area (TPSA) is 65.4 Å². The van der Waals surface area contributed by atoms with Gasteiger partial charge in [-0.15, -0.1) is 0 Å². The molecule has 0 saturated carbocycles. The van der Waals surface area contributed by atoms with Gasteiger partial charge in [-0.05, 0) is 30.7 Å². The normalized spacial score (nSPS) is 10.4. The maximum atomic E-state index is 8.90. The molecule has 18 heavy (non-hydrogen) atoms. The lowest BCUT2D eigenvalue weighted by molar-refractivity contribution is 1.30. The molecule has 0 spiro atoms. The van der Waals surface area contributed by atoms with Crippen molar-refractivity contribution in [1.82, 2.24) is 15.0 Å². The molecule has 0 aliphatic heterocycles. The first-order valence-electron chi connectivity index (χ1n) is 5.60. The molecule has 4 nitrogen and oxygen atoms in total. The smallest absolute Gasteiger partial charge is 0.178 e. The Labute approximate surface area is 104 Å². The lowest BCUT2D eigenvalue weighted by Gasteiger charge is -1.96. The molecule has 0 aliphatic rings. The van der Waals surface area contributed by atoms with Gasteiger partial charge in [0.05, 0.1) is 17.1 Å². The first-order valence-corrected chi connectivity index (χ1v) is 5.60. The molecule has 0 saturated heterocycles. The number of aromatic amines is 1. The molecule has 3 aromatic rings. The average Bonchev–Trinajstić information content (AvgIpc) is 2.84. The van der Waals surface area contributed by atoms with Crippen LogP contribution in [0.4, 0.5) is 0 Å². The van der Waals surface area contributed by atoms with E-state index in [1.165, 1.54) is 0 Å². The van der Waals surface area contributed by atoms with Crippen molar-refractivity contribution in [2.24, 2.45) is 0 Å². The molecule has 1 N–H and O–H groups in total. The van der Waals surface area contributed by atoms with Gasteiger partial charge in [-0.1, -0.05) is 12.1 Å². The predicted molar refractivity (Wildman–Crippen MR) is 68.8 cm³/mol. The Bertz CT molecular complexity index is 765. The highest BCUT2D eigenvalue weighted by atomic mass is 15.0. The molecule has 0 radical (unpaired) electrons. The van der Waals surface area contributed by atoms with Crippen molar-refractivity contribution in [2.45, 2.75) is 6.92 Å². The van der Waals surface area contributed by atoms with E-state index < -0.39 is 0 Å². The largest absolute Gasteiger partial charge is 0.336 e. The number of rotatable bonds is 1. The fourth-order valence-corrected chi connectivity index (χ4v) is 1.91. The van der Waals surface area contributed by atoms with Gasteiger partial charge in [0, 0.05) is 11.8 Å². The van der Waals surface area contributed by atoms with Crippen LogP contribution in [0.1, 0.15) is 11.1 Å². The van der Waals surface area contributed by atoms with Gasteiger partial charge < -0.3 is 4.98 Å². The number of nitrogens with zero attached hydrogens (tertiary/aromatic N) is 3. The molecule has 2 aromatic heterocycles. The van der Waals surface area contributed by atoms with Crippen molar-refractivity contribution in [2.75, 3.05) is 0 Å². The van der Waals surface area contributed by atoms with E-state index >= 15 is 0 Å². The van der Waals surface area contributed by atoms with Gasteiger partial charge in [-0.25, -0.2) is 9.97 Å². The third-order valence-corrected chi connectivity index (χ3v) is 2.87. The third kappa shape index (κ3) is 1.62. The van der Waals surface area contributed by atoms with Crippen LogP contribution in [-0.2, 0) is 0 Å². The van der Waals surface area contributed by atoms with E-state index in [-0.39, 0.29) is 0 Å². The Morgan fingerprint density at radius 3 is 2.94 bits per heavy atom. The van der Waals surface area contributed by atoms with Crippen molar-refractivity contribution in [3.8, 4) is 17.5 Å². The Morgan fingerprint density at radius 2 is 2.17 bits per heavy atom. The number of aryl methyl sites for hydroxylation is 1. The zero-order valence-corrected chi connectivity index (χ0v) is 9.81. The highest BCUT2D eigenvalue weighted by molar-refractivity contribution is 5.78. The molecular formula is C14H10N4. The summed E-state index contributed by atoms with van der Waals surface area (Å²) in [5, 5.41) is 8.90. The minimum absolute atomic E-state index is 0.623. The first kappa shape index (κ1) is 10.5. The van der Waals surface area contributed by atoms with Crippen LogP contribution in [0.15, 0.2) is 36.5 Å². The number of aromatic nitrogens is 3. The maximum absolute atomic E-state index is 8.90. The summed E-state index contributed by atoms with van der Waals surface area (Å²) in [5.74, 6) is 0.740. The van der Waals surface area contributed by atoms with E-state index in [9.17, 15) is 0 Å². The Balaban J connectivity index is 2.20. The van der Waals surface area contributed by atoms with Gasteiger partial charge in [0.2, 0.25) is 0 Å². The molecule has 2 heterocycles. The van der Waals surface area contributed by atoms with Crippen molar-refractivity contribution < 1.29 is 0 Å². The SMILES string of the molecule is Cc1ccnc2nc(-c3cccc(C#N)c3)[nH]c12. The standard InChI is InChI=1S/C14H10N4/c1-9-5-6-16-14-12(9)17-13(18-14)11-4-2-3-10(7-11)8-15/h2-7H,1H3,(H,16,17,18). The Morgan fingerprint density at radius 1 is 1.28 bits per heavy atom. The van der Waals surface area contributed by atoms with Gasteiger partial charge in [-0.2, -0.15) is 5.26 Å². The van der Waals surface area contributed by atoms with Crippen molar-refractivity contribution in [3.05, 3.63) is 47.7 Å². The van der Waals surface area contributed by atoms with Crippen LogP contribution in [0.25, 0.3) is 22.6 Å². The van der Waals surface area contributed by atoms with Crippen LogP contribution >= 0.6 is 0 Å². The highest BCUT2D eigenvalue weighted by Gasteiger charge is 2.08. The van der Waals surface area contributed by atoms with E-state index in [4.69, 9.17) is 5.26 Å². The van der Waals surface area contributed by atoms with Gasteiger partial charge in [0.25, 0.3) is 0 Å². The van der Waals surface area contributed by atoms with Crippen LogP contribution in [0.5, 0.6) is 0 Å². The monoisotopic (exact) mass is 234 g/mol. The summed E-state index contributed by atoms with van der Waals surface area (Å²) in [5.41, 5.74) is 4.27. The van der Waals surface area contributed by atoms with Crippen LogP contribution in [0, 0.1) is 18.3 Å². The zero-order chi connectivity index (χ0) is 12.5. The number of hydrogen-bond acceptors (Lipinski definition) is 3. The van der Waals surface area contributed by atoms with Gasteiger partial charge in [0.1, 0.15) is 5.82 Å². The number of fused-ring (bicyclic) bond motifs is 1. The molecule has 86 valence electrons. The number of nitriles is 1. The molecule has 0 fully saturated rings. The molecule has 0 bridgehead atoms. The fraction of sp³-hybridized carbons (Fsp3) is 0.0714. The van der Waals surface area contributed by atoms with Gasteiger partial charge in [0.15, 0.2) is 5.65 Å². The van der Waals surface area contributed by atoms with Crippen LogP contribution in [-0.4, -0.2) is 15.0 Å². The predicted octanol–water partition coefficient (Wildman–Crippen LogP) is 2.81. The summed E-state index contributed by atoms with van der Waals surface area (Å²) in [7, 11) is 0. The maximum Gasteiger partial charge on any atom is 0.178 e. The van der Waals surface area contributed by atoms with E-state index in [0.717, 1.165) is 22.5 Å². The minimum Gasteiger partial charge on any atom is -0.336 e. The molecule has 1 aromatic carbocycles. The van der Waals surface area contributed by atoms with E-state index in [1.807, 2.05) is 31.2 Å². The van der Waals surface area contributed by atoms with Crippen molar-refractivity contribution in [3.63, 3.8) is 0 Å². The van der Waals surface area contributed by atoms with Crippen LogP contribution in [0.3, 0.4) is 0 Å². The molecule has 3 rings (SSSR count). The van der Waals surface area contributed by atoms with Crippen molar-refractivity contribution in [1.29, 1.82) is 5.26 Å². The second-order valence-electron chi connectivity index (χ2n) is 4.10. The van der Waals surface area contributed by atoms with Crippen LogP contribution < -0.4 is 0 Å². The van der Waals surface area contributed by atoms with Gasteiger partial charge >= 0.3 is 0 Å². The quantitative estimate of drug-likeness (QED) is 0.704. The molecule has 0 aliphatic carbocycles. The Hall–Kier alpha value is -2.67. The lowest BCUT2D eigenvalue weighted by Crippen LogP contribution is -1.82. The van der Waals surface area contributed by atoms with E-state index in [0.29, 0.717) is 11.2 Å². The highest BCUT2D eigenvalue weighted by Crippen LogP contribution is 2.21. The average molecular weight is 234 g/mol. The number of H-pyrrole nitrogens is 1. The summed E-state index contributed by atoms with van der Waals surface area (Å²) >= 11 is 0. The number of nitrogens with one attached hydrogen (secondary N) is 1. The van der Waals surface area contributed by atoms with Crippen LogP contribution in [0.2, 0.25) is 0 Å². The summed E-state index contributed by atoms with van der Waals surface area (Å²) in [4.78, 5) is 11.9. The number of imidazole rings is 1. The summed E-state index contributed by atoms with van der Waals surface area (Å²) in [6.45, 7) is 2.01. The molecular weight excluding hydrogens is 224 g/mol. The lowest BCUT2D eigenvalue weighted by atomic mass is 10.1. The molecule has 0 atom stereocenters. The summed E-state index contributed by atoms with van der Waals surface area (Å²) in [6, 6.07) is 11.4. The van der Waals surface area contributed by atoms with E-state index in [2.05, 4.69) is 21.0 Å². The first-order chi connectivity index (χ1) is 8.78. The van der Waals surface area contributed by atoms with E-state index in [1.54, 1.807) is 12.3 Å². The van der Waals surface area contributed by atoms with Crippen molar-refractivity contribution >= 4 is 11.2 Å². The zero-order valence-electron chi connectivity index (χ0n) is 9.81. The molecule has 0 amide bonds. The molecule has 4 heteroatoms. The van der Waals surface area contributed by atoms with Gasteiger partial charge in [-0.3, -0.25) is 0 Å². The Kier molecular flexibility index (Phi) is 2.31. The molecule has 0 unspecified atom stereocenters. The summed E-state index contributed by atoms with van der Waals surface area (Å²) < 4.78 is 0. The fourth-order valence-electron chi connectivity index (χ4n) is 1.91. The number of pyridine rings is 1.